The number of carbonyl (C=O) groups excluding carboxylic acids is 1. The zero-order valence-corrected chi connectivity index (χ0v) is 10.7. The Morgan fingerprint density at radius 3 is 2.60 bits per heavy atom. The van der Waals surface area contributed by atoms with Gasteiger partial charge in [-0.2, -0.15) is 0 Å². The molecule has 0 fully saturated rings. The van der Waals surface area contributed by atoms with E-state index in [1.165, 1.54) is 0 Å². The Balaban J connectivity index is 2.62. The lowest BCUT2D eigenvalue weighted by Crippen LogP contribution is -2.27. The summed E-state index contributed by atoms with van der Waals surface area (Å²) in [6.07, 6.45) is 0. The summed E-state index contributed by atoms with van der Waals surface area (Å²) in [4.78, 5) is 11.3. The molecule has 0 aromatic carbocycles. The number of anilines is 1. The van der Waals surface area contributed by atoms with Gasteiger partial charge in [-0.05, 0) is 18.1 Å². The van der Waals surface area contributed by atoms with Crippen LogP contribution in [0.2, 0.25) is 5.15 Å². The first-order chi connectivity index (χ1) is 7.00. The molecule has 1 rings (SSSR count). The highest BCUT2D eigenvalue weighted by atomic mass is 79.9. The van der Waals surface area contributed by atoms with Crippen molar-refractivity contribution in [3.05, 3.63) is 17.3 Å². The zero-order chi connectivity index (χ0) is 11.4. The summed E-state index contributed by atoms with van der Waals surface area (Å²) >= 11 is 8.86. The van der Waals surface area contributed by atoms with Gasteiger partial charge in [-0.1, -0.05) is 41.4 Å². The Morgan fingerprint density at radius 1 is 1.47 bits per heavy atom. The Morgan fingerprint density at radius 2 is 2.13 bits per heavy atom. The van der Waals surface area contributed by atoms with Gasteiger partial charge in [-0.25, -0.2) is 0 Å². The van der Waals surface area contributed by atoms with E-state index < -0.39 is 0 Å². The molecular formula is C9H11BrClN3O. The van der Waals surface area contributed by atoms with Crippen molar-refractivity contribution in [2.75, 3.05) is 5.32 Å². The van der Waals surface area contributed by atoms with Gasteiger partial charge in [-0.3, -0.25) is 4.79 Å². The number of amides is 1. The van der Waals surface area contributed by atoms with Crippen LogP contribution in [0.15, 0.2) is 12.1 Å². The van der Waals surface area contributed by atoms with Gasteiger partial charge in [0.15, 0.2) is 11.0 Å². The van der Waals surface area contributed by atoms with E-state index in [1.807, 2.05) is 13.8 Å². The summed E-state index contributed by atoms with van der Waals surface area (Å²) in [6.45, 7) is 3.90. The molecule has 1 N–H and O–H groups in total. The summed E-state index contributed by atoms with van der Waals surface area (Å²) in [6, 6.07) is 3.18. The van der Waals surface area contributed by atoms with Crippen LogP contribution in [-0.4, -0.2) is 20.9 Å². The van der Waals surface area contributed by atoms with Crippen LogP contribution in [0.25, 0.3) is 0 Å². The number of halogens is 2. The van der Waals surface area contributed by atoms with Gasteiger partial charge in [0.2, 0.25) is 5.91 Å². The Hall–Kier alpha value is -0.680. The maximum Gasteiger partial charge on any atom is 0.239 e. The van der Waals surface area contributed by atoms with Crippen molar-refractivity contribution < 1.29 is 4.79 Å². The molecule has 82 valence electrons. The number of alkyl halides is 1. The summed E-state index contributed by atoms with van der Waals surface area (Å²) in [5.74, 6) is 0.474. The molecule has 1 amide bonds. The summed E-state index contributed by atoms with van der Waals surface area (Å²) < 4.78 is 0. The van der Waals surface area contributed by atoms with Crippen LogP contribution in [0.5, 0.6) is 0 Å². The lowest BCUT2D eigenvalue weighted by molar-refractivity contribution is -0.116. The minimum Gasteiger partial charge on any atom is -0.308 e. The van der Waals surface area contributed by atoms with Crippen LogP contribution < -0.4 is 5.32 Å². The smallest absolute Gasteiger partial charge is 0.239 e. The van der Waals surface area contributed by atoms with Crippen LogP contribution in [0.3, 0.4) is 0 Å². The lowest BCUT2D eigenvalue weighted by atomic mass is 10.1. The molecule has 4 nitrogen and oxygen atoms in total. The molecule has 6 heteroatoms. The van der Waals surface area contributed by atoms with Gasteiger partial charge < -0.3 is 5.32 Å². The van der Waals surface area contributed by atoms with Crippen LogP contribution in [0.1, 0.15) is 13.8 Å². The number of carbonyl (C=O) groups is 1. The summed E-state index contributed by atoms with van der Waals surface area (Å²) in [5.41, 5.74) is 0. The molecule has 0 aliphatic heterocycles. The van der Waals surface area contributed by atoms with Gasteiger partial charge >= 0.3 is 0 Å². The summed E-state index contributed by atoms with van der Waals surface area (Å²) in [7, 11) is 0. The van der Waals surface area contributed by atoms with Crippen molar-refractivity contribution in [3.63, 3.8) is 0 Å². The third-order valence-electron chi connectivity index (χ3n) is 1.72. The maximum atomic E-state index is 11.6. The molecule has 1 aromatic rings. The molecule has 0 saturated carbocycles. The number of rotatable bonds is 3. The van der Waals surface area contributed by atoms with Gasteiger partial charge in [-0.15, -0.1) is 10.2 Å². The number of aromatic nitrogens is 2. The van der Waals surface area contributed by atoms with E-state index in [9.17, 15) is 4.79 Å². The highest BCUT2D eigenvalue weighted by Gasteiger charge is 2.18. The largest absolute Gasteiger partial charge is 0.308 e. The molecule has 1 heterocycles. The molecule has 15 heavy (non-hydrogen) atoms. The Bertz CT molecular complexity index is 342. The number of nitrogens with zero attached hydrogens (tertiary/aromatic N) is 2. The third kappa shape index (κ3) is 3.76. The highest BCUT2D eigenvalue weighted by Crippen LogP contribution is 2.14. The van der Waals surface area contributed by atoms with E-state index in [4.69, 9.17) is 11.6 Å². The fourth-order valence-electron chi connectivity index (χ4n) is 0.881. The van der Waals surface area contributed by atoms with Crippen LogP contribution >= 0.6 is 27.5 Å². The molecule has 0 aliphatic carbocycles. The molecule has 0 radical (unpaired) electrons. The van der Waals surface area contributed by atoms with Crippen molar-refractivity contribution in [1.82, 2.24) is 10.2 Å². The number of hydrogen-bond acceptors (Lipinski definition) is 3. The topological polar surface area (TPSA) is 54.9 Å². The van der Waals surface area contributed by atoms with Gasteiger partial charge in [0.1, 0.15) is 0 Å². The van der Waals surface area contributed by atoms with E-state index in [0.29, 0.717) is 11.0 Å². The van der Waals surface area contributed by atoms with Crippen molar-refractivity contribution >= 4 is 39.3 Å². The molecule has 1 unspecified atom stereocenters. The lowest BCUT2D eigenvalue weighted by Gasteiger charge is -2.12. The molecule has 0 bridgehead atoms. The standard InChI is InChI=1S/C9H11BrClN3O/c1-5(2)8(10)9(15)12-7-4-3-6(11)13-14-7/h3-5,8H,1-2H3,(H,12,14,15). The predicted octanol–water partition coefficient (Wildman–Crippen LogP) is 2.49. The van der Waals surface area contributed by atoms with E-state index in [0.717, 1.165) is 0 Å². The fourth-order valence-corrected chi connectivity index (χ4v) is 1.10. The van der Waals surface area contributed by atoms with Crippen LogP contribution in [0.4, 0.5) is 5.82 Å². The van der Waals surface area contributed by atoms with E-state index in [1.54, 1.807) is 12.1 Å². The predicted molar refractivity (Wildman–Crippen MR) is 63.2 cm³/mol. The van der Waals surface area contributed by atoms with E-state index >= 15 is 0 Å². The monoisotopic (exact) mass is 291 g/mol. The second-order valence-corrected chi connectivity index (χ2v) is 4.75. The first kappa shape index (κ1) is 12.4. The molecule has 1 atom stereocenters. The van der Waals surface area contributed by atoms with Crippen molar-refractivity contribution in [2.45, 2.75) is 18.7 Å². The van der Waals surface area contributed by atoms with E-state index in [2.05, 4.69) is 31.4 Å². The Labute approximate surface area is 102 Å². The van der Waals surface area contributed by atoms with Gasteiger partial charge in [0.05, 0.1) is 4.83 Å². The minimum atomic E-state index is -0.241. The van der Waals surface area contributed by atoms with Gasteiger partial charge in [0.25, 0.3) is 0 Å². The first-order valence-electron chi connectivity index (χ1n) is 4.45. The average molecular weight is 293 g/mol. The zero-order valence-electron chi connectivity index (χ0n) is 8.37. The summed E-state index contributed by atoms with van der Waals surface area (Å²) in [5, 5.41) is 10.3. The minimum absolute atomic E-state index is 0.137. The number of nitrogens with one attached hydrogen (secondary N) is 1. The Kier molecular flexibility index (Phi) is 4.47. The van der Waals surface area contributed by atoms with Crippen molar-refractivity contribution in [2.24, 2.45) is 5.92 Å². The molecule has 0 saturated heterocycles. The van der Waals surface area contributed by atoms with Crippen molar-refractivity contribution in [3.8, 4) is 0 Å². The van der Waals surface area contributed by atoms with Crippen LogP contribution in [-0.2, 0) is 4.79 Å². The quantitative estimate of drug-likeness (QED) is 0.871. The van der Waals surface area contributed by atoms with Crippen molar-refractivity contribution in [1.29, 1.82) is 0 Å². The highest BCUT2D eigenvalue weighted by molar-refractivity contribution is 9.10. The van der Waals surface area contributed by atoms with Crippen LogP contribution in [0, 0.1) is 5.92 Å². The molecule has 0 aliphatic rings. The first-order valence-corrected chi connectivity index (χ1v) is 5.74. The third-order valence-corrected chi connectivity index (χ3v) is 3.39. The molecule has 1 aromatic heterocycles. The second kappa shape index (κ2) is 5.42. The van der Waals surface area contributed by atoms with E-state index in [-0.39, 0.29) is 16.7 Å². The SMILES string of the molecule is CC(C)C(Br)C(=O)Nc1ccc(Cl)nn1. The fraction of sp³-hybridized carbons (Fsp3) is 0.444. The second-order valence-electron chi connectivity index (χ2n) is 3.38. The average Bonchev–Trinajstić information content (AvgIpc) is 2.20. The normalized spacial score (nSPS) is 12.6. The molecular weight excluding hydrogens is 281 g/mol. The number of hydrogen-bond donors (Lipinski definition) is 1. The van der Waals surface area contributed by atoms with Gasteiger partial charge in [0, 0.05) is 0 Å². The maximum absolute atomic E-state index is 11.6. The molecule has 0 spiro atoms.